The summed E-state index contributed by atoms with van der Waals surface area (Å²) in [5.41, 5.74) is 1.49. The first-order valence-corrected chi connectivity index (χ1v) is 43.9. The zero-order valence-electron chi connectivity index (χ0n) is 77.4. The van der Waals surface area contributed by atoms with E-state index in [1.165, 1.54) is 28.4 Å². The van der Waals surface area contributed by atoms with Gasteiger partial charge in [-0.1, -0.05) is 170 Å². The largest absolute Gasteiger partial charge is 0.379 e. The van der Waals surface area contributed by atoms with E-state index in [1.807, 2.05) is 182 Å². The molecule has 2 heterocycles. The van der Waals surface area contributed by atoms with E-state index in [9.17, 15) is 52.7 Å². The highest BCUT2D eigenvalue weighted by molar-refractivity contribution is 5.94. The molecular weight excluding hydrogens is 1550 g/mol. The van der Waals surface area contributed by atoms with E-state index in [-0.39, 0.29) is 136 Å². The molecule has 2 saturated heterocycles. The second-order valence-electron chi connectivity index (χ2n) is 35.1. The topological polar surface area (TPSA) is 373 Å². The number of carbonyl (C=O) groups is 11. The summed E-state index contributed by atoms with van der Waals surface area (Å²) < 4.78 is 30.2. The average molecular weight is 1700 g/mol. The number of nitrogens with zero attached hydrogens (tertiary/aromatic N) is 6. The third-order valence-corrected chi connectivity index (χ3v) is 24.5. The lowest BCUT2D eigenvalue weighted by Gasteiger charge is -2.41. The van der Waals surface area contributed by atoms with Gasteiger partial charge in [-0.2, -0.15) is 0 Å². The van der Waals surface area contributed by atoms with Crippen molar-refractivity contribution < 1.29 is 81.3 Å². The fraction of sp³-hybridized carbons (Fsp3) is 0.744. The van der Waals surface area contributed by atoms with Crippen molar-refractivity contribution in [3.05, 3.63) is 71.8 Å². The molecule has 2 aliphatic heterocycles. The van der Waals surface area contributed by atoms with Crippen LogP contribution in [-0.4, -0.2) is 302 Å². The Morgan fingerprint density at radius 1 is 0.446 bits per heavy atom. The van der Waals surface area contributed by atoms with Crippen molar-refractivity contribution in [1.29, 1.82) is 0 Å². The molecule has 0 spiro atoms. The number of hydrogen-bond acceptors (Lipinski definition) is 20. The first-order chi connectivity index (χ1) is 57.3. The fourth-order valence-electron chi connectivity index (χ4n) is 17.5. The molecule has 686 valence electrons. The first kappa shape index (κ1) is 106. The van der Waals surface area contributed by atoms with E-state index < -0.39 is 132 Å². The lowest BCUT2D eigenvalue weighted by Crippen LogP contribution is -2.59. The molecule has 31 nitrogen and oxygen atoms in total. The van der Waals surface area contributed by atoms with Gasteiger partial charge in [-0.15, -0.1) is 0 Å². The Balaban J connectivity index is 1.54. The molecule has 9 N–H and O–H groups in total. The van der Waals surface area contributed by atoms with E-state index in [0.717, 1.165) is 5.56 Å². The maximum Gasteiger partial charge on any atom is 0.245 e. The number of ether oxygens (including phenoxy) is 5. The van der Waals surface area contributed by atoms with Crippen molar-refractivity contribution in [2.24, 2.45) is 53.2 Å². The molecular formula is C90H154N14O17. The number of amides is 11. The number of benzene rings is 2. The summed E-state index contributed by atoms with van der Waals surface area (Å²) in [6.07, 6.45) is 1.15. The Morgan fingerprint density at radius 2 is 0.826 bits per heavy atom. The van der Waals surface area contributed by atoms with E-state index in [1.54, 1.807) is 47.5 Å². The van der Waals surface area contributed by atoms with Crippen LogP contribution in [0.15, 0.2) is 60.7 Å². The Bertz CT molecular complexity index is 3490. The number of likely N-dealkylation sites (N-methyl/N-ethyl adjacent to an activating group) is 4. The van der Waals surface area contributed by atoms with Crippen LogP contribution in [-0.2, 0) is 94.1 Å². The molecule has 19 atom stereocenters. The summed E-state index contributed by atoms with van der Waals surface area (Å²) in [6.45, 7) is 28.1. The van der Waals surface area contributed by atoms with Crippen molar-refractivity contribution in [2.75, 3.05) is 117 Å². The Hall–Kier alpha value is -7.75. The Kier molecular flexibility index (Phi) is 46.6. The van der Waals surface area contributed by atoms with E-state index in [4.69, 9.17) is 29.6 Å². The molecule has 0 aromatic heterocycles. The lowest BCUT2D eigenvalue weighted by atomic mass is 9.89. The van der Waals surface area contributed by atoms with Crippen LogP contribution in [0.2, 0.25) is 0 Å². The third kappa shape index (κ3) is 31.5. The number of carbonyl (C=O) groups excluding carboxylic acids is 11. The minimum absolute atomic E-state index is 0.0178. The monoisotopic (exact) mass is 1700 g/mol. The summed E-state index contributed by atoms with van der Waals surface area (Å²) in [4.78, 5) is 175. The van der Waals surface area contributed by atoms with Gasteiger partial charge in [0, 0.05) is 81.6 Å². The van der Waals surface area contributed by atoms with Crippen LogP contribution in [0.4, 0.5) is 0 Å². The van der Waals surface area contributed by atoms with E-state index >= 15 is 0 Å². The summed E-state index contributed by atoms with van der Waals surface area (Å²) in [6, 6.07) is 10.1. The SMILES string of the molecule is CC[C@H](C)[C@@H]([C@@H](CC(=O)N1CCC[C@H]1[C@H](OC)[C@@H](C)C(=O)N[C@@H](Cc1ccccc1)C(=O)NCCCC[C@H](NC(=O)[C@H](Cc1ccccc1)NC(=O)[C@H](C)[C@@H](OC)[C@@H]1CCCN1C(=O)C[C@@H](OC)[C@H]([C@@H](C)CC)N(C)C(=O)[C@@H](NC(=O)[C@H](C(C)C)N(C)C)C(C)C)C(=O)NCCOCCON)OC)N(C)C(=O)[C@@H](NC(=O)[C@H](C(C)C)N(C)C)C(C)C. The van der Waals surface area contributed by atoms with Crippen LogP contribution in [0.3, 0.4) is 0 Å². The maximum atomic E-state index is 15.0. The molecule has 121 heavy (non-hydrogen) atoms. The molecule has 0 bridgehead atoms. The highest BCUT2D eigenvalue weighted by Crippen LogP contribution is 2.33. The second-order valence-corrected chi connectivity index (χ2v) is 35.1. The van der Waals surface area contributed by atoms with Crippen molar-refractivity contribution in [3.63, 3.8) is 0 Å². The molecule has 2 aromatic rings. The zero-order chi connectivity index (χ0) is 90.7. The average Bonchev–Trinajstić information content (AvgIpc) is 1.76. The molecule has 2 aromatic carbocycles. The van der Waals surface area contributed by atoms with Crippen LogP contribution < -0.4 is 43.1 Å². The van der Waals surface area contributed by atoms with Gasteiger partial charge in [0.2, 0.25) is 65.0 Å². The molecule has 31 heteroatoms. The van der Waals surface area contributed by atoms with Crippen molar-refractivity contribution >= 4 is 65.0 Å². The van der Waals surface area contributed by atoms with Gasteiger partial charge in [-0.3, -0.25) is 62.5 Å². The number of hydrogen-bond donors (Lipinski definition) is 8. The van der Waals surface area contributed by atoms with Gasteiger partial charge in [0.05, 0.1) is 105 Å². The van der Waals surface area contributed by atoms with Crippen LogP contribution >= 0.6 is 0 Å². The Morgan fingerprint density at radius 3 is 1.18 bits per heavy atom. The van der Waals surface area contributed by atoms with Gasteiger partial charge in [0.25, 0.3) is 0 Å². The number of nitrogens with two attached hydrogens (primary N) is 1. The minimum Gasteiger partial charge on any atom is -0.379 e. The standard InChI is InChI=1S/C90H154N14O17/c1-25-59(11)78(101(19)89(114)74(55(3)4)97-87(112)76(57(7)8)99(15)16)70(116-21)53-72(105)103-46-35-42-68(103)80(118-23)61(13)82(107)95-66(51-63-37-29-27-30-38-63)85(110)92-44-34-33-41-65(84(109)93-45-48-120-49-50-121-91)94-86(111)67(52-64-39-31-28-32-40-64)96-83(108)62(14)81(119-24)69-43-36-47-104(69)73(106)54-71(117-22)79(60(12)26-2)102(20)90(115)75(56(5)6)98-88(113)77(58(9)10)100(17)18/h27-32,37-40,55-62,65-71,74-81H,25-26,33-36,41-54,91H2,1-24H3,(H,92,110)(H,93,109)(H,94,111)(H,95,107)(H,96,108)(H,97,112)(H,98,113)/t59-,60-,61+,62+,65-,66-,67-,68-,69-,70+,71+,74-,75-,76-,77-,78-,79-,80+,81+/m0/s1. The van der Waals surface area contributed by atoms with Gasteiger partial charge in [-0.05, 0) is 120 Å². The zero-order valence-corrected chi connectivity index (χ0v) is 77.4. The predicted molar refractivity (Wildman–Crippen MR) is 467 cm³/mol. The summed E-state index contributed by atoms with van der Waals surface area (Å²) in [5.74, 6) is -1.66. The molecule has 0 unspecified atom stereocenters. The third-order valence-electron chi connectivity index (χ3n) is 24.5. The van der Waals surface area contributed by atoms with Gasteiger partial charge in [-0.25, -0.2) is 5.90 Å². The number of nitrogens with one attached hydrogen (secondary N) is 7. The molecule has 4 rings (SSSR count). The van der Waals surface area contributed by atoms with Crippen LogP contribution in [0.5, 0.6) is 0 Å². The smallest absolute Gasteiger partial charge is 0.245 e. The molecule has 0 saturated carbocycles. The lowest BCUT2D eigenvalue weighted by molar-refractivity contribution is -0.148. The van der Waals surface area contributed by atoms with Gasteiger partial charge < -0.3 is 85.3 Å². The van der Waals surface area contributed by atoms with Crippen molar-refractivity contribution in [3.8, 4) is 0 Å². The molecule has 2 fully saturated rings. The van der Waals surface area contributed by atoms with Gasteiger partial charge >= 0.3 is 0 Å². The number of rotatable bonds is 55. The predicted octanol–water partition coefficient (Wildman–Crippen LogP) is 5.53. The number of unbranched alkanes of at least 4 members (excludes halogenated alkanes) is 1. The first-order valence-electron chi connectivity index (χ1n) is 43.9. The second kappa shape index (κ2) is 53.4. The molecule has 0 radical (unpaired) electrons. The number of likely N-dealkylation sites (tertiary alicyclic amines) is 2. The number of methoxy groups -OCH3 is 4. The molecule has 0 aliphatic carbocycles. The highest BCUT2D eigenvalue weighted by atomic mass is 16.6. The van der Waals surface area contributed by atoms with Gasteiger partial charge in [0.1, 0.15) is 30.2 Å². The minimum atomic E-state index is -1.22. The Labute approximate surface area is 722 Å². The maximum absolute atomic E-state index is 15.0. The summed E-state index contributed by atoms with van der Waals surface area (Å²) in [5, 5.41) is 20.9. The normalized spacial score (nSPS) is 18.6. The fourth-order valence-corrected chi connectivity index (χ4v) is 17.5. The van der Waals surface area contributed by atoms with Crippen LogP contribution in [0.25, 0.3) is 0 Å². The molecule has 2 aliphatic rings. The summed E-state index contributed by atoms with van der Waals surface area (Å²) >= 11 is 0. The highest BCUT2D eigenvalue weighted by Gasteiger charge is 2.47. The van der Waals surface area contributed by atoms with E-state index in [0.29, 0.717) is 70.0 Å². The van der Waals surface area contributed by atoms with Crippen LogP contribution in [0, 0.1) is 47.3 Å². The molecule has 11 amide bonds. The van der Waals surface area contributed by atoms with Crippen LogP contribution in [0.1, 0.15) is 179 Å². The van der Waals surface area contributed by atoms with Gasteiger partial charge in [0.15, 0.2) is 0 Å². The van der Waals surface area contributed by atoms with Crippen molar-refractivity contribution in [1.82, 2.24) is 66.6 Å². The van der Waals surface area contributed by atoms with E-state index in [2.05, 4.69) is 42.1 Å². The van der Waals surface area contributed by atoms with Crippen molar-refractivity contribution in [2.45, 2.75) is 271 Å². The summed E-state index contributed by atoms with van der Waals surface area (Å²) in [7, 11) is 16.8. The quantitative estimate of drug-likeness (QED) is 0.0298.